The molecule has 104 valence electrons. The maximum atomic E-state index is 10.9. The highest BCUT2D eigenvalue weighted by molar-refractivity contribution is 5.68. The first-order valence-electron chi connectivity index (χ1n) is 6.68. The lowest BCUT2D eigenvalue weighted by molar-refractivity contribution is -0.137. The van der Waals surface area contributed by atoms with Crippen molar-refractivity contribution in [2.75, 3.05) is 18.0 Å². The molecular weight excluding hydrogens is 240 g/mol. The molecule has 0 saturated carbocycles. The number of carboxylic acid groups (broad SMARTS) is 1. The standard InChI is InChI=1S/C15H22N2O2/c1-11-5-4-6-13(7-11)17-9-12(8-14(18)19)16-10-15(17,2)3/h4-7,12,16H,8-10H2,1-3H3,(H,18,19). The van der Waals surface area contributed by atoms with E-state index in [0.717, 1.165) is 13.1 Å². The number of piperazine rings is 1. The largest absolute Gasteiger partial charge is 0.481 e. The van der Waals surface area contributed by atoms with Crippen LogP contribution in [0.4, 0.5) is 5.69 Å². The average Bonchev–Trinajstić information content (AvgIpc) is 2.31. The van der Waals surface area contributed by atoms with Crippen LogP contribution in [-0.2, 0) is 4.79 Å². The van der Waals surface area contributed by atoms with Crippen LogP contribution in [0.3, 0.4) is 0 Å². The highest BCUT2D eigenvalue weighted by Crippen LogP contribution is 2.27. The fraction of sp³-hybridized carbons (Fsp3) is 0.533. The molecule has 0 aromatic heterocycles. The first-order valence-corrected chi connectivity index (χ1v) is 6.68. The lowest BCUT2D eigenvalue weighted by Crippen LogP contribution is -2.62. The first kappa shape index (κ1) is 13.9. The third-order valence-electron chi connectivity index (χ3n) is 3.69. The molecule has 1 heterocycles. The third-order valence-corrected chi connectivity index (χ3v) is 3.69. The van der Waals surface area contributed by atoms with Crippen LogP contribution in [-0.4, -0.2) is 35.7 Å². The first-order chi connectivity index (χ1) is 8.88. The van der Waals surface area contributed by atoms with Crippen molar-refractivity contribution in [3.63, 3.8) is 0 Å². The summed E-state index contributed by atoms with van der Waals surface area (Å²) in [6, 6.07) is 8.39. The summed E-state index contributed by atoms with van der Waals surface area (Å²) in [7, 11) is 0. The van der Waals surface area contributed by atoms with Crippen molar-refractivity contribution in [2.45, 2.75) is 38.8 Å². The van der Waals surface area contributed by atoms with Gasteiger partial charge in [-0.2, -0.15) is 0 Å². The van der Waals surface area contributed by atoms with Gasteiger partial charge in [-0.05, 0) is 38.5 Å². The molecule has 0 aliphatic carbocycles. The van der Waals surface area contributed by atoms with Gasteiger partial charge in [0, 0.05) is 30.4 Å². The zero-order valence-corrected chi connectivity index (χ0v) is 11.8. The number of rotatable bonds is 3. The van der Waals surface area contributed by atoms with E-state index in [1.54, 1.807) is 0 Å². The van der Waals surface area contributed by atoms with Gasteiger partial charge < -0.3 is 15.3 Å². The number of nitrogens with one attached hydrogen (secondary N) is 1. The van der Waals surface area contributed by atoms with Crippen molar-refractivity contribution >= 4 is 11.7 Å². The molecule has 4 nitrogen and oxygen atoms in total. The Kier molecular flexibility index (Phi) is 3.80. The molecule has 2 rings (SSSR count). The highest BCUT2D eigenvalue weighted by Gasteiger charge is 2.34. The van der Waals surface area contributed by atoms with Gasteiger partial charge in [-0.3, -0.25) is 4.79 Å². The van der Waals surface area contributed by atoms with Gasteiger partial charge in [0.1, 0.15) is 0 Å². The monoisotopic (exact) mass is 262 g/mol. The van der Waals surface area contributed by atoms with Crippen molar-refractivity contribution in [1.82, 2.24) is 5.32 Å². The van der Waals surface area contributed by atoms with Gasteiger partial charge in [0.15, 0.2) is 0 Å². The Balaban J connectivity index is 2.21. The second kappa shape index (κ2) is 5.21. The van der Waals surface area contributed by atoms with Crippen molar-refractivity contribution < 1.29 is 9.90 Å². The van der Waals surface area contributed by atoms with Gasteiger partial charge in [0.25, 0.3) is 0 Å². The Morgan fingerprint density at radius 1 is 1.53 bits per heavy atom. The molecule has 4 heteroatoms. The molecule has 1 fully saturated rings. The molecule has 0 spiro atoms. The minimum absolute atomic E-state index is 0.00559. The normalized spacial score (nSPS) is 22.3. The topological polar surface area (TPSA) is 52.6 Å². The molecule has 1 aromatic carbocycles. The van der Waals surface area contributed by atoms with Crippen LogP contribution < -0.4 is 10.2 Å². The number of nitrogens with zero attached hydrogens (tertiary/aromatic N) is 1. The van der Waals surface area contributed by atoms with Crippen LogP contribution in [0.2, 0.25) is 0 Å². The number of carboxylic acids is 1. The lowest BCUT2D eigenvalue weighted by Gasteiger charge is -2.47. The summed E-state index contributed by atoms with van der Waals surface area (Å²) in [5.41, 5.74) is 2.38. The average molecular weight is 262 g/mol. The summed E-state index contributed by atoms with van der Waals surface area (Å²) in [6.07, 6.45) is 0.165. The Hall–Kier alpha value is -1.55. The third kappa shape index (κ3) is 3.26. The van der Waals surface area contributed by atoms with E-state index in [9.17, 15) is 4.79 Å². The summed E-state index contributed by atoms with van der Waals surface area (Å²) in [5.74, 6) is -0.749. The summed E-state index contributed by atoms with van der Waals surface area (Å²) in [6.45, 7) is 7.95. The second-order valence-corrected chi connectivity index (χ2v) is 5.94. The molecule has 1 aromatic rings. The minimum Gasteiger partial charge on any atom is -0.481 e. The summed E-state index contributed by atoms with van der Waals surface area (Å²) < 4.78 is 0. The smallest absolute Gasteiger partial charge is 0.304 e. The molecular formula is C15H22N2O2. The number of hydrogen-bond acceptors (Lipinski definition) is 3. The Labute approximate surface area is 114 Å². The fourth-order valence-electron chi connectivity index (χ4n) is 2.62. The molecule has 0 radical (unpaired) electrons. The SMILES string of the molecule is Cc1cccc(N2CC(CC(=O)O)NCC2(C)C)c1. The van der Waals surface area contributed by atoms with Crippen LogP contribution in [0.5, 0.6) is 0 Å². The van der Waals surface area contributed by atoms with E-state index in [4.69, 9.17) is 5.11 Å². The lowest BCUT2D eigenvalue weighted by atomic mass is 9.95. The Morgan fingerprint density at radius 3 is 2.89 bits per heavy atom. The van der Waals surface area contributed by atoms with E-state index in [1.165, 1.54) is 11.3 Å². The molecule has 1 atom stereocenters. The number of carbonyl (C=O) groups is 1. The molecule has 0 amide bonds. The maximum Gasteiger partial charge on any atom is 0.304 e. The highest BCUT2D eigenvalue weighted by atomic mass is 16.4. The number of aryl methyl sites for hydroxylation is 1. The van der Waals surface area contributed by atoms with Crippen LogP contribution in [0, 0.1) is 6.92 Å². The summed E-state index contributed by atoms with van der Waals surface area (Å²) >= 11 is 0. The van der Waals surface area contributed by atoms with Gasteiger partial charge in [-0.25, -0.2) is 0 Å². The van der Waals surface area contributed by atoms with E-state index in [-0.39, 0.29) is 18.0 Å². The van der Waals surface area contributed by atoms with E-state index >= 15 is 0 Å². The summed E-state index contributed by atoms with van der Waals surface area (Å²) in [5, 5.41) is 12.3. The predicted octanol–water partition coefficient (Wildman–Crippen LogP) is 2.03. The van der Waals surface area contributed by atoms with E-state index in [1.807, 2.05) is 0 Å². The predicted molar refractivity (Wildman–Crippen MR) is 76.6 cm³/mol. The quantitative estimate of drug-likeness (QED) is 0.875. The van der Waals surface area contributed by atoms with E-state index in [2.05, 4.69) is 55.3 Å². The molecule has 2 N–H and O–H groups in total. The Bertz CT molecular complexity index is 471. The van der Waals surface area contributed by atoms with Gasteiger partial charge in [0.05, 0.1) is 6.42 Å². The van der Waals surface area contributed by atoms with E-state index in [0.29, 0.717) is 0 Å². The van der Waals surface area contributed by atoms with Gasteiger partial charge in [-0.15, -0.1) is 0 Å². The van der Waals surface area contributed by atoms with E-state index < -0.39 is 5.97 Å². The molecule has 1 saturated heterocycles. The van der Waals surface area contributed by atoms with Crippen molar-refractivity contribution in [1.29, 1.82) is 0 Å². The molecule has 1 aliphatic rings. The van der Waals surface area contributed by atoms with Crippen LogP contribution in [0.25, 0.3) is 0 Å². The zero-order valence-electron chi connectivity index (χ0n) is 11.8. The van der Waals surface area contributed by atoms with Crippen LogP contribution in [0.15, 0.2) is 24.3 Å². The Morgan fingerprint density at radius 2 is 2.26 bits per heavy atom. The molecule has 1 aliphatic heterocycles. The van der Waals surface area contributed by atoms with Gasteiger partial charge in [-0.1, -0.05) is 12.1 Å². The summed E-state index contributed by atoms with van der Waals surface area (Å²) in [4.78, 5) is 13.2. The number of aliphatic carboxylic acids is 1. The van der Waals surface area contributed by atoms with Crippen molar-refractivity contribution in [2.24, 2.45) is 0 Å². The van der Waals surface area contributed by atoms with Crippen LogP contribution >= 0.6 is 0 Å². The molecule has 0 bridgehead atoms. The zero-order chi connectivity index (χ0) is 14.0. The van der Waals surface area contributed by atoms with Gasteiger partial charge >= 0.3 is 5.97 Å². The minimum atomic E-state index is -0.749. The van der Waals surface area contributed by atoms with Crippen molar-refractivity contribution in [3.8, 4) is 0 Å². The van der Waals surface area contributed by atoms with Crippen LogP contribution in [0.1, 0.15) is 25.8 Å². The van der Waals surface area contributed by atoms with Gasteiger partial charge in [0.2, 0.25) is 0 Å². The number of benzene rings is 1. The number of anilines is 1. The molecule has 19 heavy (non-hydrogen) atoms. The fourth-order valence-corrected chi connectivity index (χ4v) is 2.62. The van der Waals surface area contributed by atoms with Crippen molar-refractivity contribution in [3.05, 3.63) is 29.8 Å². The molecule has 1 unspecified atom stereocenters. The second-order valence-electron chi connectivity index (χ2n) is 5.94. The number of hydrogen-bond donors (Lipinski definition) is 2. The maximum absolute atomic E-state index is 10.9.